The lowest BCUT2D eigenvalue weighted by molar-refractivity contribution is -0.272. The Morgan fingerprint density at radius 3 is 2.68 bits per heavy atom. The average Bonchev–Trinajstić information content (AvgIpc) is 3.31. The highest BCUT2D eigenvalue weighted by molar-refractivity contribution is 5.69. The number of fused-ring (bicyclic) bond motifs is 7. The van der Waals surface area contributed by atoms with Crippen molar-refractivity contribution in [1.82, 2.24) is 0 Å². The molecule has 37 heavy (non-hydrogen) atoms. The minimum Gasteiger partial charge on any atom is -0.462 e. The molecule has 4 nitrogen and oxygen atoms in total. The number of hydrogen-bond acceptors (Lipinski definition) is 4. The van der Waals surface area contributed by atoms with Gasteiger partial charge in [-0.15, -0.1) is 0 Å². The predicted molar refractivity (Wildman–Crippen MR) is 146 cm³/mol. The SMILES string of the molecule is CCCCCC(=O)O[C@H]1CC[C@@]2(C)C(=CC[C@@H]3[C@H]4C[C@H]5O[C@@]6(CC[C@@H](C)CO6)[C@H](C)[C@H]5[C@@]4(C)CC[C@H]32)C1. The number of allylic oxidation sites excluding steroid dienone is 1. The largest absolute Gasteiger partial charge is 0.462 e. The Labute approximate surface area is 225 Å². The van der Waals surface area contributed by atoms with Gasteiger partial charge in [-0.25, -0.2) is 0 Å². The third kappa shape index (κ3) is 4.17. The van der Waals surface area contributed by atoms with Crippen LogP contribution < -0.4 is 0 Å². The summed E-state index contributed by atoms with van der Waals surface area (Å²) in [5, 5.41) is 0. The quantitative estimate of drug-likeness (QED) is 0.214. The van der Waals surface area contributed by atoms with Gasteiger partial charge in [0.1, 0.15) is 6.10 Å². The van der Waals surface area contributed by atoms with Crippen molar-refractivity contribution in [2.45, 2.75) is 136 Å². The molecule has 2 aliphatic heterocycles. The molecule has 0 aromatic carbocycles. The first-order valence-electron chi connectivity index (χ1n) is 15.9. The first-order valence-corrected chi connectivity index (χ1v) is 15.9. The standard InChI is InChI=1S/C33H52O4/c1-6-7-8-9-29(34)36-24-13-15-31(4)23(18-24)10-11-25-26(31)14-16-32(5)27(25)19-28-30(32)22(3)33(37-28)17-12-21(2)20-35-33/h10,21-22,24-28,30H,6-9,11-20H2,1-5H3/t21-,22-,24+,25+,26-,27-,28-,30-,31+,32+,33+/m1/s1. The van der Waals surface area contributed by atoms with Gasteiger partial charge >= 0.3 is 5.97 Å². The summed E-state index contributed by atoms with van der Waals surface area (Å²) in [4.78, 5) is 12.4. The van der Waals surface area contributed by atoms with Crippen LogP contribution in [0.5, 0.6) is 0 Å². The second kappa shape index (κ2) is 9.65. The van der Waals surface area contributed by atoms with Gasteiger partial charge in [0.25, 0.3) is 0 Å². The van der Waals surface area contributed by atoms with Crippen molar-refractivity contribution < 1.29 is 19.0 Å². The molecule has 3 saturated carbocycles. The molecule has 0 N–H and O–H groups in total. The van der Waals surface area contributed by atoms with Crippen LogP contribution in [-0.4, -0.2) is 30.6 Å². The fourth-order valence-electron chi connectivity index (χ4n) is 10.5. The minimum atomic E-state index is -0.315. The van der Waals surface area contributed by atoms with Gasteiger partial charge in [0.15, 0.2) is 5.79 Å². The summed E-state index contributed by atoms with van der Waals surface area (Å²) in [7, 11) is 0. The van der Waals surface area contributed by atoms with Crippen molar-refractivity contribution in [3.8, 4) is 0 Å². The van der Waals surface area contributed by atoms with Gasteiger partial charge in [-0.1, -0.05) is 59.1 Å². The normalized spacial score (nSPS) is 50.6. The van der Waals surface area contributed by atoms with E-state index in [1.165, 1.54) is 38.5 Å². The van der Waals surface area contributed by atoms with Gasteiger partial charge in [0.05, 0.1) is 12.7 Å². The Morgan fingerprint density at radius 2 is 1.92 bits per heavy atom. The molecule has 0 unspecified atom stereocenters. The molecule has 6 aliphatic rings. The van der Waals surface area contributed by atoms with Crippen LogP contribution in [0.25, 0.3) is 0 Å². The van der Waals surface area contributed by atoms with E-state index in [0.717, 1.165) is 62.9 Å². The minimum absolute atomic E-state index is 0.0190. The molecular weight excluding hydrogens is 460 g/mol. The van der Waals surface area contributed by atoms with E-state index in [0.29, 0.717) is 35.7 Å². The summed E-state index contributed by atoms with van der Waals surface area (Å²) in [6, 6.07) is 0. The number of unbranched alkanes of at least 4 members (excludes halogenated alkanes) is 2. The lowest BCUT2D eigenvalue weighted by Gasteiger charge is -2.58. The lowest BCUT2D eigenvalue weighted by Crippen LogP contribution is -2.52. The predicted octanol–water partition coefficient (Wildman–Crippen LogP) is 7.85. The highest BCUT2D eigenvalue weighted by Gasteiger charge is 2.68. The summed E-state index contributed by atoms with van der Waals surface area (Å²) in [6.45, 7) is 13.0. The van der Waals surface area contributed by atoms with E-state index in [9.17, 15) is 4.79 Å². The molecular formula is C33H52O4. The second-order valence-corrected chi connectivity index (χ2v) is 14.6. The molecule has 4 aliphatic carbocycles. The number of carbonyl (C=O) groups is 1. The monoisotopic (exact) mass is 512 g/mol. The Morgan fingerprint density at radius 1 is 1.08 bits per heavy atom. The first-order chi connectivity index (χ1) is 17.7. The topological polar surface area (TPSA) is 44.8 Å². The van der Waals surface area contributed by atoms with Gasteiger partial charge < -0.3 is 14.2 Å². The average molecular weight is 513 g/mol. The van der Waals surface area contributed by atoms with E-state index in [-0.39, 0.29) is 23.3 Å². The Bertz CT molecular complexity index is 902. The van der Waals surface area contributed by atoms with Crippen molar-refractivity contribution in [2.24, 2.45) is 46.3 Å². The second-order valence-electron chi connectivity index (χ2n) is 14.6. The van der Waals surface area contributed by atoms with Gasteiger partial charge in [0, 0.05) is 25.2 Å². The highest BCUT2D eigenvalue weighted by atomic mass is 16.7. The van der Waals surface area contributed by atoms with Gasteiger partial charge in [-0.3, -0.25) is 4.79 Å². The van der Waals surface area contributed by atoms with Crippen LogP contribution in [0.2, 0.25) is 0 Å². The zero-order chi connectivity index (χ0) is 26.0. The third-order valence-electron chi connectivity index (χ3n) is 12.6. The van der Waals surface area contributed by atoms with Gasteiger partial charge in [-0.05, 0) is 91.8 Å². The van der Waals surface area contributed by atoms with Crippen LogP contribution in [-0.2, 0) is 19.0 Å². The number of ether oxygens (including phenoxy) is 3. The lowest BCUT2D eigenvalue weighted by atomic mass is 9.47. The molecule has 208 valence electrons. The van der Waals surface area contributed by atoms with E-state index in [2.05, 4.69) is 40.7 Å². The zero-order valence-electron chi connectivity index (χ0n) is 24.2. The van der Waals surface area contributed by atoms with Gasteiger partial charge in [0.2, 0.25) is 0 Å². The van der Waals surface area contributed by atoms with Crippen LogP contribution >= 0.6 is 0 Å². The summed E-state index contributed by atoms with van der Waals surface area (Å²) in [5.41, 5.74) is 2.25. The van der Waals surface area contributed by atoms with Crippen molar-refractivity contribution in [2.75, 3.05) is 6.61 Å². The molecule has 6 rings (SSSR count). The highest BCUT2D eigenvalue weighted by Crippen LogP contribution is 2.70. The van der Waals surface area contributed by atoms with Crippen LogP contribution in [0.1, 0.15) is 118 Å². The molecule has 0 amide bonds. The fraction of sp³-hybridized carbons (Fsp3) is 0.909. The van der Waals surface area contributed by atoms with Crippen molar-refractivity contribution in [3.05, 3.63) is 11.6 Å². The number of hydrogen-bond donors (Lipinski definition) is 0. The Kier molecular flexibility index (Phi) is 6.87. The van der Waals surface area contributed by atoms with Crippen LogP contribution in [0.3, 0.4) is 0 Å². The van der Waals surface area contributed by atoms with Crippen LogP contribution in [0, 0.1) is 46.3 Å². The third-order valence-corrected chi connectivity index (χ3v) is 12.6. The molecule has 0 bridgehead atoms. The first kappa shape index (κ1) is 26.4. The maximum Gasteiger partial charge on any atom is 0.306 e. The van der Waals surface area contributed by atoms with E-state index < -0.39 is 0 Å². The smallest absolute Gasteiger partial charge is 0.306 e. The van der Waals surface area contributed by atoms with Crippen molar-refractivity contribution in [3.63, 3.8) is 0 Å². The Hall–Kier alpha value is -0.870. The van der Waals surface area contributed by atoms with E-state index in [1.54, 1.807) is 5.57 Å². The Balaban J connectivity index is 1.15. The summed E-state index contributed by atoms with van der Waals surface area (Å²) < 4.78 is 19.4. The van der Waals surface area contributed by atoms with Gasteiger partial charge in [-0.2, -0.15) is 0 Å². The molecule has 0 radical (unpaired) electrons. The summed E-state index contributed by atoms with van der Waals surface area (Å²) in [5.74, 6) is 3.77. The summed E-state index contributed by atoms with van der Waals surface area (Å²) in [6.07, 6.45) is 17.4. The number of carbonyl (C=O) groups excluding carboxylic acids is 1. The molecule has 2 saturated heterocycles. The zero-order valence-corrected chi connectivity index (χ0v) is 24.2. The molecule has 4 heteroatoms. The van der Waals surface area contributed by atoms with Crippen LogP contribution in [0.4, 0.5) is 0 Å². The van der Waals surface area contributed by atoms with Crippen molar-refractivity contribution in [1.29, 1.82) is 0 Å². The van der Waals surface area contributed by atoms with E-state index in [4.69, 9.17) is 14.2 Å². The molecule has 0 aromatic rings. The number of rotatable bonds is 5. The molecule has 11 atom stereocenters. The van der Waals surface area contributed by atoms with E-state index in [1.807, 2.05) is 0 Å². The van der Waals surface area contributed by atoms with Crippen molar-refractivity contribution >= 4 is 5.97 Å². The summed E-state index contributed by atoms with van der Waals surface area (Å²) >= 11 is 0. The van der Waals surface area contributed by atoms with E-state index >= 15 is 0 Å². The molecule has 5 fully saturated rings. The number of esters is 1. The molecule has 1 spiro atoms. The molecule has 2 heterocycles. The van der Waals surface area contributed by atoms with Crippen LogP contribution in [0.15, 0.2) is 11.6 Å². The molecule has 0 aromatic heterocycles. The maximum absolute atomic E-state index is 12.4. The maximum atomic E-state index is 12.4. The fourth-order valence-corrected chi connectivity index (χ4v) is 10.5.